The molecule has 0 amide bonds. The summed E-state index contributed by atoms with van der Waals surface area (Å²) in [4.78, 5) is 10.1. The molecule has 0 spiro atoms. The molecule has 0 bridgehead atoms. The van der Waals surface area contributed by atoms with Gasteiger partial charge in [0.15, 0.2) is 0 Å². The van der Waals surface area contributed by atoms with Crippen LogP contribution in [0.25, 0.3) is 6.08 Å². The Bertz CT molecular complexity index is 302. The number of carboxylic acids is 1. The fourth-order valence-corrected chi connectivity index (χ4v) is 0.806. The Morgan fingerprint density at radius 1 is 1.83 bits per heavy atom. The SMILES string of the molecule is CCn1cc(/C=C\C(=O)O)cn1. The number of aryl methyl sites for hydroxylation is 1. The number of aliphatic carboxylic acids is 1. The van der Waals surface area contributed by atoms with Crippen molar-refractivity contribution in [3.63, 3.8) is 0 Å². The molecule has 1 aromatic rings. The average Bonchev–Trinajstić information content (AvgIpc) is 2.48. The summed E-state index contributed by atoms with van der Waals surface area (Å²) < 4.78 is 1.74. The first-order valence-electron chi connectivity index (χ1n) is 3.66. The predicted octanol–water partition coefficient (Wildman–Crippen LogP) is 1.00. The highest BCUT2D eigenvalue weighted by molar-refractivity contribution is 5.85. The minimum absolute atomic E-state index is 0.793. The zero-order valence-electron chi connectivity index (χ0n) is 6.77. The number of aromatic nitrogens is 2. The normalized spacial score (nSPS) is 10.8. The summed E-state index contributed by atoms with van der Waals surface area (Å²) >= 11 is 0. The second kappa shape index (κ2) is 3.71. The van der Waals surface area contributed by atoms with E-state index in [2.05, 4.69) is 5.10 Å². The second-order valence-electron chi connectivity index (χ2n) is 2.30. The Balaban J connectivity index is 2.70. The minimum Gasteiger partial charge on any atom is -0.478 e. The standard InChI is InChI=1S/C8H10N2O2/c1-2-10-6-7(5-9-10)3-4-8(11)12/h3-6H,2H2,1H3,(H,11,12)/b4-3-. The molecule has 0 aliphatic heterocycles. The van der Waals surface area contributed by atoms with E-state index in [4.69, 9.17) is 5.11 Å². The third kappa shape index (κ3) is 2.23. The smallest absolute Gasteiger partial charge is 0.328 e. The van der Waals surface area contributed by atoms with Crippen LogP contribution in [0.5, 0.6) is 0 Å². The Labute approximate surface area is 70.1 Å². The lowest BCUT2D eigenvalue weighted by Crippen LogP contribution is -1.91. The molecule has 0 radical (unpaired) electrons. The highest BCUT2D eigenvalue weighted by Gasteiger charge is 1.92. The highest BCUT2D eigenvalue weighted by atomic mass is 16.4. The lowest BCUT2D eigenvalue weighted by atomic mass is 10.3. The van der Waals surface area contributed by atoms with Crippen molar-refractivity contribution in [2.75, 3.05) is 0 Å². The van der Waals surface area contributed by atoms with Crippen LogP contribution in [0.4, 0.5) is 0 Å². The van der Waals surface area contributed by atoms with Crippen LogP contribution in [0.3, 0.4) is 0 Å². The van der Waals surface area contributed by atoms with Crippen molar-refractivity contribution < 1.29 is 9.90 Å². The van der Waals surface area contributed by atoms with Crippen LogP contribution in [0, 0.1) is 0 Å². The third-order valence-corrected chi connectivity index (χ3v) is 1.40. The molecule has 0 aromatic carbocycles. The summed E-state index contributed by atoms with van der Waals surface area (Å²) in [6.07, 6.45) is 6.03. The second-order valence-corrected chi connectivity index (χ2v) is 2.30. The Morgan fingerprint density at radius 2 is 2.58 bits per heavy atom. The summed E-state index contributed by atoms with van der Waals surface area (Å²) in [6, 6.07) is 0. The van der Waals surface area contributed by atoms with E-state index >= 15 is 0 Å². The van der Waals surface area contributed by atoms with E-state index in [9.17, 15) is 4.79 Å². The van der Waals surface area contributed by atoms with Crippen LogP contribution in [-0.4, -0.2) is 20.9 Å². The summed E-state index contributed by atoms with van der Waals surface area (Å²) in [5.41, 5.74) is 0.805. The Hall–Kier alpha value is -1.58. The van der Waals surface area contributed by atoms with Gasteiger partial charge >= 0.3 is 5.97 Å². The van der Waals surface area contributed by atoms with Crippen LogP contribution in [0.2, 0.25) is 0 Å². The minimum atomic E-state index is -0.945. The monoisotopic (exact) mass is 166 g/mol. The lowest BCUT2D eigenvalue weighted by Gasteiger charge is -1.88. The van der Waals surface area contributed by atoms with Crippen molar-refractivity contribution in [3.8, 4) is 0 Å². The van der Waals surface area contributed by atoms with Gasteiger partial charge in [0.1, 0.15) is 0 Å². The molecule has 1 heterocycles. The van der Waals surface area contributed by atoms with E-state index in [0.717, 1.165) is 18.2 Å². The molecule has 4 heteroatoms. The molecule has 0 aliphatic rings. The van der Waals surface area contributed by atoms with Crippen LogP contribution in [-0.2, 0) is 11.3 Å². The number of hydrogen-bond donors (Lipinski definition) is 1. The first-order valence-corrected chi connectivity index (χ1v) is 3.66. The molecule has 0 saturated heterocycles. The molecule has 0 atom stereocenters. The maximum absolute atomic E-state index is 10.1. The number of nitrogens with zero attached hydrogens (tertiary/aromatic N) is 2. The van der Waals surface area contributed by atoms with E-state index in [1.165, 1.54) is 6.08 Å². The zero-order chi connectivity index (χ0) is 8.97. The molecule has 4 nitrogen and oxygen atoms in total. The zero-order valence-corrected chi connectivity index (χ0v) is 6.77. The largest absolute Gasteiger partial charge is 0.478 e. The van der Waals surface area contributed by atoms with Gasteiger partial charge in [-0.1, -0.05) is 0 Å². The number of hydrogen-bond acceptors (Lipinski definition) is 2. The number of carbonyl (C=O) groups is 1. The topological polar surface area (TPSA) is 55.1 Å². The van der Waals surface area contributed by atoms with Crippen LogP contribution >= 0.6 is 0 Å². The van der Waals surface area contributed by atoms with Crippen LogP contribution < -0.4 is 0 Å². The molecule has 12 heavy (non-hydrogen) atoms. The first kappa shape index (κ1) is 8.52. The Kier molecular flexibility index (Phi) is 2.63. The molecule has 1 aromatic heterocycles. The van der Waals surface area contributed by atoms with E-state index in [1.54, 1.807) is 17.1 Å². The molecule has 1 rings (SSSR count). The van der Waals surface area contributed by atoms with Gasteiger partial charge in [-0.25, -0.2) is 4.79 Å². The van der Waals surface area contributed by atoms with Gasteiger partial charge in [0.05, 0.1) is 6.20 Å². The molecular formula is C8H10N2O2. The molecular weight excluding hydrogens is 156 g/mol. The lowest BCUT2D eigenvalue weighted by molar-refractivity contribution is -0.131. The van der Waals surface area contributed by atoms with Gasteiger partial charge in [-0.2, -0.15) is 5.10 Å². The third-order valence-electron chi connectivity index (χ3n) is 1.40. The summed E-state index contributed by atoms with van der Waals surface area (Å²) in [6.45, 7) is 2.76. The number of carboxylic acid groups (broad SMARTS) is 1. The van der Waals surface area contributed by atoms with E-state index in [0.29, 0.717) is 0 Å². The fourth-order valence-electron chi connectivity index (χ4n) is 0.806. The van der Waals surface area contributed by atoms with Gasteiger partial charge < -0.3 is 5.11 Å². The van der Waals surface area contributed by atoms with Gasteiger partial charge in [-0.05, 0) is 13.0 Å². The van der Waals surface area contributed by atoms with Gasteiger partial charge in [-0.15, -0.1) is 0 Å². The molecule has 1 N–H and O–H groups in total. The maximum Gasteiger partial charge on any atom is 0.328 e. The van der Waals surface area contributed by atoms with Crippen LogP contribution in [0.15, 0.2) is 18.5 Å². The quantitative estimate of drug-likeness (QED) is 0.681. The van der Waals surface area contributed by atoms with Gasteiger partial charge in [-0.3, -0.25) is 4.68 Å². The van der Waals surface area contributed by atoms with Crippen molar-refractivity contribution >= 4 is 12.0 Å². The van der Waals surface area contributed by atoms with E-state index in [1.807, 2.05) is 6.92 Å². The van der Waals surface area contributed by atoms with Gasteiger partial charge in [0.2, 0.25) is 0 Å². The maximum atomic E-state index is 10.1. The van der Waals surface area contributed by atoms with E-state index < -0.39 is 5.97 Å². The molecule has 0 saturated carbocycles. The predicted molar refractivity (Wildman–Crippen MR) is 44.6 cm³/mol. The molecule has 0 aliphatic carbocycles. The summed E-state index contributed by atoms with van der Waals surface area (Å²) in [5, 5.41) is 12.3. The Morgan fingerprint density at radius 3 is 3.08 bits per heavy atom. The molecule has 64 valence electrons. The van der Waals surface area contributed by atoms with Crippen molar-refractivity contribution in [2.45, 2.75) is 13.5 Å². The van der Waals surface area contributed by atoms with Crippen LogP contribution in [0.1, 0.15) is 12.5 Å². The van der Waals surface area contributed by atoms with Crippen molar-refractivity contribution in [3.05, 3.63) is 24.0 Å². The fraction of sp³-hybridized carbons (Fsp3) is 0.250. The number of rotatable bonds is 3. The summed E-state index contributed by atoms with van der Waals surface area (Å²) in [7, 11) is 0. The van der Waals surface area contributed by atoms with Gasteiger partial charge in [0.25, 0.3) is 0 Å². The first-order chi connectivity index (χ1) is 5.72. The van der Waals surface area contributed by atoms with Crippen molar-refractivity contribution in [1.29, 1.82) is 0 Å². The van der Waals surface area contributed by atoms with Gasteiger partial charge in [0, 0.05) is 24.4 Å². The van der Waals surface area contributed by atoms with Crippen molar-refractivity contribution in [2.24, 2.45) is 0 Å². The molecule has 0 unspecified atom stereocenters. The highest BCUT2D eigenvalue weighted by Crippen LogP contribution is 1.99. The van der Waals surface area contributed by atoms with Crippen molar-refractivity contribution in [1.82, 2.24) is 9.78 Å². The molecule has 0 fully saturated rings. The average molecular weight is 166 g/mol. The summed E-state index contributed by atoms with van der Waals surface area (Å²) in [5.74, 6) is -0.945. The van der Waals surface area contributed by atoms with E-state index in [-0.39, 0.29) is 0 Å².